The number of hydrogen-bond donors (Lipinski definition) is 2. The number of carbonyl (C=O) groups excluding carboxylic acids is 1. The van der Waals surface area contributed by atoms with E-state index in [1.807, 2.05) is 25.6 Å². The Morgan fingerprint density at radius 2 is 2.10 bits per heavy atom. The lowest BCUT2D eigenvalue weighted by atomic mass is 10.2. The molecule has 0 fully saturated rings. The van der Waals surface area contributed by atoms with Gasteiger partial charge in [-0.05, 0) is 13.8 Å². The van der Waals surface area contributed by atoms with Crippen molar-refractivity contribution in [1.29, 1.82) is 0 Å². The van der Waals surface area contributed by atoms with Gasteiger partial charge in [0.15, 0.2) is 0 Å². The van der Waals surface area contributed by atoms with Gasteiger partial charge in [-0.25, -0.2) is 0 Å². The number of likely N-dealkylation sites (N-methyl/N-ethyl adjacent to an activating group) is 2. The summed E-state index contributed by atoms with van der Waals surface area (Å²) in [5.41, 5.74) is 2.16. The predicted octanol–water partition coefficient (Wildman–Crippen LogP) is 0.799. The Bertz CT molecular complexity index is 453. The Kier molecular flexibility index (Phi) is 6.01. The summed E-state index contributed by atoms with van der Waals surface area (Å²) in [5, 5.41) is 10.6. The molecule has 0 atom stereocenters. The number of nitrogens with zero attached hydrogens (tertiary/aromatic N) is 3. The van der Waals surface area contributed by atoms with Crippen LogP contribution in [0.2, 0.25) is 0 Å². The number of anilines is 1. The summed E-state index contributed by atoms with van der Waals surface area (Å²) >= 11 is 0. The zero-order valence-corrected chi connectivity index (χ0v) is 13.4. The van der Waals surface area contributed by atoms with E-state index < -0.39 is 0 Å². The molecule has 0 saturated carbocycles. The van der Waals surface area contributed by atoms with Crippen LogP contribution in [-0.2, 0) is 18.4 Å². The molecule has 1 heterocycles. The van der Waals surface area contributed by atoms with Crippen molar-refractivity contribution in [1.82, 2.24) is 20.4 Å². The third-order valence-electron chi connectivity index (χ3n) is 3.29. The molecular weight excluding hydrogens is 254 g/mol. The molecule has 1 aromatic rings. The van der Waals surface area contributed by atoms with Gasteiger partial charge in [0.05, 0.1) is 12.2 Å². The first-order valence-corrected chi connectivity index (χ1v) is 7.12. The van der Waals surface area contributed by atoms with E-state index in [0.717, 1.165) is 30.2 Å². The topological polar surface area (TPSA) is 62.2 Å². The molecule has 2 N–H and O–H groups in total. The minimum atomic E-state index is 0.00784. The Balaban J connectivity index is 3.03. The van der Waals surface area contributed by atoms with E-state index in [-0.39, 0.29) is 5.91 Å². The first-order chi connectivity index (χ1) is 9.40. The molecule has 0 aromatic carbocycles. The van der Waals surface area contributed by atoms with Crippen LogP contribution in [0.5, 0.6) is 0 Å². The highest BCUT2D eigenvalue weighted by Gasteiger charge is 2.20. The van der Waals surface area contributed by atoms with Crippen LogP contribution in [0.3, 0.4) is 0 Å². The van der Waals surface area contributed by atoms with Crippen LogP contribution in [0.15, 0.2) is 0 Å². The van der Waals surface area contributed by atoms with Crippen molar-refractivity contribution in [3.63, 3.8) is 0 Å². The molecule has 1 amide bonds. The Labute approximate surface area is 121 Å². The van der Waals surface area contributed by atoms with Crippen LogP contribution in [0.1, 0.15) is 32.0 Å². The van der Waals surface area contributed by atoms with Gasteiger partial charge >= 0.3 is 0 Å². The summed E-state index contributed by atoms with van der Waals surface area (Å²) in [6.45, 7) is 10.2. The molecule has 0 aliphatic rings. The van der Waals surface area contributed by atoms with Crippen LogP contribution >= 0.6 is 0 Å². The average Bonchev–Trinajstić information content (AvgIpc) is 2.67. The molecule has 0 radical (unpaired) electrons. The first-order valence-electron chi connectivity index (χ1n) is 7.12. The van der Waals surface area contributed by atoms with E-state index in [2.05, 4.69) is 34.5 Å². The second-order valence-corrected chi connectivity index (χ2v) is 5.23. The van der Waals surface area contributed by atoms with Crippen molar-refractivity contribution in [2.45, 2.75) is 40.3 Å². The highest BCUT2D eigenvalue weighted by Crippen LogP contribution is 2.23. The highest BCUT2D eigenvalue weighted by atomic mass is 16.1. The number of aromatic nitrogens is 2. The van der Waals surface area contributed by atoms with E-state index in [1.54, 1.807) is 7.05 Å². The molecule has 1 aromatic heterocycles. The smallest absolute Gasteiger partial charge is 0.239 e. The Morgan fingerprint density at radius 1 is 1.45 bits per heavy atom. The quantitative estimate of drug-likeness (QED) is 0.776. The molecule has 6 heteroatoms. The SMILES string of the molecule is CCN(CC(=O)NC)c1c(CNC(C)C)c(C)nn1C. The van der Waals surface area contributed by atoms with Crippen LogP contribution in [0.4, 0.5) is 5.82 Å². The zero-order chi connectivity index (χ0) is 15.3. The van der Waals surface area contributed by atoms with E-state index in [9.17, 15) is 4.79 Å². The summed E-state index contributed by atoms with van der Waals surface area (Å²) in [5.74, 6) is 1.02. The zero-order valence-electron chi connectivity index (χ0n) is 13.4. The molecule has 0 bridgehead atoms. The fourth-order valence-electron chi connectivity index (χ4n) is 2.19. The summed E-state index contributed by atoms with van der Waals surface area (Å²) in [6.07, 6.45) is 0. The number of carbonyl (C=O) groups is 1. The number of aryl methyl sites for hydroxylation is 2. The normalized spacial score (nSPS) is 10.9. The maximum atomic E-state index is 11.7. The van der Waals surface area contributed by atoms with Gasteiger partial charge in [0.2, 0.25) is 5.91 Å². The molecule has 6 nitrogen and oxygen atoms in total. The van der Waals surface area contributed by atoms with E-state index >= 15 is 0 Å². The molecule has 0 unspecified atom stereocenters. The van der Waals surface area contributed by atoms with Crippen molar-refractivity contribution in [3.8, 4) is 0 Å². The molecule has 0 spiro atoms. The minimum absolute atomic E-state index is 0.00784. The van der Waals surface area contributed by atoms with Crippen molar-refractivity contribution < 1.29 is 4.79 Å². The standard InChI is InChI=1S/C14H27N5O/c1-7-19(9-13(20)15-5)14-12(8-16-10(2)3)11(4)17-18(14)6/h10,16H,7-9H2,1-6H3,(H,15,20). The number of amides is 1. The van der Waals surface area contributed by atoms with Gasteiger partial charge in [-0.1, -0.05) is 13.8 Å². The van der Waals surface area contributed by atoms with Gasteiger partial charge in [0, 0.05) is 38.8 Å². The van der Waals surface area contributed by atoms with Gasteiger partial charge in [-0.3, -0.25) is 9.48 Å². The fourth-order valence-corrected chi connectivity index (χ4v) is 2.19. The van der Waals surface area contributed by atoms with Crippen molar-refractivity contribution in [3.05, 3.63) is 11.3 Å². The Hall–Kier alpha value is -1.56. The minimum Gasteiger partial charge on any atom is -0.358 e. The largest absolute Gasteiger partial charge is 0.358 e. The summed E-state index contributed by atoms with van der Waals surface area (Å²) in [6, 6.07) is 0.413. The Morgan fingerprint density at radius 3 is 2.60 bits per heavy atom. The van der Waals surface area contributed by atoms with Crippen molar-refractivity contribution in [2.75, 3.05) is 25.0 Å². The summed E-state index contributed by atoms with van der Waals surface area (Å²) in [7, 11) is 3.58. The predicted molar refractivity (Wildman–Crippen MR) is 81.9 cm³/mol. The van der Waals surface area contributed by atoms with Crippen molar-refractivity contribution >= 4 is 11.7 Å². The lowest BCUT2D eigenvalue weighted by Gasteiger charge is -2.24. The monoisotopic (exact) mass is 281 g/mol. The molecule has 0 aliphatic carbocycles. The fraction of sp³-hybridized carbons (Fsp3) is 0.714. The van der Waals surface area contributed by atoms with Crippen molar-refractivity contribution in [2.24, 2.45) is 7.05 Å². The molecule has 1 rings (SSSR count). The third-order valence-corrected chi connectivity index (χ3v) is 3.29. The second kappa shape index (κ2) is 7.28. The molecule has 0 aliphatic heterocycles. The summed E-state index contributed by atoms with van der Waals surface area (Å²) < 4.78 is 1.86. The summed E-state index contributed by atoms with van der Waals surface area (Å²) in [4.78, 5) is 13.7. The lowest BCUT2D eigenvalue weighted by Crippen LogP contribution is -2.37. The third kappa shape index (κ3) is 3.96. The van der Waals surface area contributed by atoms with E-state index in [4.69, 9.17) is 0 Å². The molecule has 20 heavy (non-hydrogen) atoms. The average molecular weight is 281 g/mol. The van der Waals surface area contributed by atoms with Gasteiger partial charge < -0.3 is 15.5 Å². The van der Waals surface area contributed by atoms with E-state index in [0.29, 0.717) is 12.6 Å². The maximum Gasteiger partial charge on any atom is 0.239 e. The number of hydrogen-bond acceptors (Lipinski definition) is 4. The van der Waals surface area contributed by atoms with Gasteiger partial charge in [0.1, 0.15) is 5.82 Å². The molecular formula is C14H27N5O. The number of nitrogens with one attached hydrogen (secondary N) is 2. The van der Waals surface area contributed by atoms with Crippen LogP contribution < -0.4 is 15.5 Å². The number of rotatable bonds is 7. The van der Waals surface area contributed by atoms with Crippen LogP contribution in [-0.4, -0.2) is 41.9 Å². The first kappa shape index (κ1) is 16.5. The van der Waals surface area contributed by atoms with Gasteiger partial charge in [-0.15, -0.1) is 0 Å². The van der Waals surface area contributed by atoms with Gasteiger partial charge in [-0.2, -0.15) is 5.10 Å². The highest BCUT2D eigenvalue weighted by molar-refractivity contribution is 5.81. The lowest BCUT2D eigenvalue weighted by molar-refractivity contribution is -0.119. The van der Waals surface area contributed by atoms with Crippen LogP contribution in [0.25, 0.3) is 0 Å². The van der Waals surface area contributed by atoms with Gasteiger partial charge in [0.25, 0.3) is 0 Å². The van der Waals surface area contributed by atoms with E-state index in [1.165, 1.54) is 0 Å². The molecule has 114 valence electrons. The maximum absolute atomic E-state index is 11.7. The van der Waals surface area contributed by atoms with Crippen LogP contribution in [0, 0.1) is 6.92 Å². The molecule has 0 saturated heterocycles. The second-order valence-electron chi connectivity index (χ2n) is 5.23.